The van der Waals surface area contributed by atoms with E-state index in [1.807, 2.05) is 84.9 Å². The lowest BCUT2D eigenvalue weighted by Crippen LogP contribution is -2.36. The Hall–Kier alpha value is -4.59. The molecule has 274 valence electrons. The smallest absolute Gasteiger partial charge is 0.237 e. The van der Waals surface area contributed by atoms with Crippen molar-refractivity contribution in [2.45, 2.75) is 103 Å². The fraction of sp³-hybridized carbons (Fsp3) is 0.400. The highest BCUT2D eigenvalue weighted by atomic mass is 16.7. The van der Waals surface area contributed by atoms with Crippen molar-refractivity contribution in [3.8, 4) is 33.9 Å². The summed E-state index contributed by atoms with van der Waals surface area (Å²) in [6.07, 6.45) is 11.9. The number of nitrogens with zero attached hydrogens (tertiary/aromatic N) is 3. The second-order valence-electron chi connectivity index (χ2n) is 13.2. The third kappa shape index (κ3) is 9.64. The maximum Gasteiger partial charge on any atom is 0.237 e. The standard InChI is InChI=1S/C45H55N3O4/c1-5-9-11-23-33-49-44(7-3,36-25-15-13-16-26-36)51-41-31-21-19-29-38(41)40-35-46-48-47-43(40)39-30-20-22-32-42(39)52-45(8-4,37-27-17-14-18-28-37)50-34-24-12-10-6-2/h13-22,25-32,35H,5-12,23-24,33-34H2,1-4H3. The van der Waals surface area contributed by atoms with Gasteiger partial charge in [-0.1, -0.05) is 157 Å². The number of hydrogen-bond donors (Lipinski definition) is 0. The summed E-state index contributed by atoms with van der Waals surface area (Å²) >= 11 is 0. The zero-order chi connectivity index (χ0) is 36.5. The van der Waals surface area contributed by atoms with Crippen LogP contribution in [-0.4, -0.2) is 28.6 Å². The van der Waals surface area contributed by atoms with Gasteiger partial charge in [-0.05, 0) is 36.3 Å². The van der Waals surface area contributed by atoms with Gasteiger partial charge < -0.3 is 18.9 Å². The number of hydrogen-bond acceptors (Lipinski definition) is 7. The van der Waals surface area contributed by atoms with Crippen molar-refractivity contribution in [1.29, 1.82) is 0 Å². The number of unbranched alkanes of at least 4 members (excludes halogenated alkanes) is 6. The van der Waals surface area contributed by atoms with E-state index in [9.17, 15) is 0 Å². The second-order valence-corrected chi connectivity index (χ2v) is 13.2. The quantitative estimate of drug-likeness (QED) is 0.0525. The molecule has 0 N–H and O–H groups in total. The molecule has 52 heavy (non-hydrogen) atoms. The lowest BCUT2D eigenvalue weighted by atomic mass is 9.98. The van der Waals surface area contributed by atoms with E-state index in [0.29, 0.717) is 43.2 Å². The van der Waals surface area contributed by atoms with Crippen LogP contribution < -0.4 is 9.47 Å². The van der Waals surface area contributed by atoms with Crippen molar-refractivity contribution in [2.75, 3.05) is 13.2 Å². The minimum absolute atomic E-state index is 0.594. The van der Waals surface area contributed by atoms with Gasteiger partial charge >= 0.3 is 0 Å². The Bertz CT molecular complexity index is 1640. The topological polar surface area (TPSA) is 75.6 Å². The summed E-state index contributed by atoms with van der Waals surface area (Å²) in [6.45, 7) is 9.84. The summed E-state index contributed by atoms with van der Waals surface area (Å²) in [6, 6.07) is 36.4. The van der Waals surface area contributed by atoms with Crippen LogP contribution in [0.4, 0.5) is 0 Å². The van der Waals surface area contributed by atoms with E-state index in [0.717, 1.165) is 53.5 Å². The van der Waals surface area contributed by atoms with Crippen LogP contribution in [-0.2, 0) is 21.0 Å². The molecule has 0 amide bonds. The molecular formula is C45H55N3O4. The lowest BCUT2D eigenvalue weighted by Gasteiger charge is -2.35. The third-order valence-electron chi connectivity index (χ3n) is 9.53. The van der Waals surface area contributed by atoms with Crippen LogP contribution >= 0.6 is 0 Å². The van der Waals surface area contributed by atoms with Crippen molar-refractivity contribution in [1.82, 2.24) is 15.4 Å². The van der Waals surface area contributed by atoms with Gasteiger partial charge in [-0.15, -0.1) is 10.2 Å². The largest absolute Gasteiger partial charge is 0.457 e. The van der Waals surface area contributed by atoms with Gasteiger partial charge in [-0.25, -0.2) is 0 Å². The SMILES string of the molecule is CCCCCCOC(CC)(Oc1ccccc1-c1cnnnc1-c1ccccc1OC(CC)(OCCCCCC)c1ccccc1)c1ccccc1. The van der Waals surface area contributed by atoms with Crippen molar-refractivity contribution in [3.63, 3.8) is 0 Å². The second kappa shape index (κ2) is 19.9. The van der Waals surface area contributed by atoms with E-state index < -0.39 is 11.6 Å². The van der Waals surface area contributed by atoms with E-state index in [-0.39, 0.29) is 0 Å². The van der Waals surface area contributed by atoms with Crippen LogP contribution in [0.3, 0.4) is 0 Å². The van der Waals surface area contributed by atoms with Crippen molar-refractivity contribution in [3.05, 3.63) is 127 Å². The maximum absolute atomic E-state index is 7.03. The highest BCUT2D eigenvalue weighted by Gasteiger charge is 2.37. The first-order valence-corrected chi connectivity index (χ1v) is 19.2. The Labute approximate surface area is 310 Å². The number of aromatic nitrogens is 3. The Kier molecular flexibility index (Phi) is 14.8. The Morgan fingerprint density at radius 2 is 0.942 bits per heavy atom. The predicted octanol–water partition coefficient (Wildman–Crippen LogP) is 11.7. The van der Waals surface area contributed by atoms with E-state index in [4.69, 9.17) is 18.9 Å². The van der Waals surface area contributed by atoms with Crippen molar-refractivity contribution < 1.29 is 18.9 Å². The summed E-state index contributed by atoms with van der Waals surface area (Å²) < 4.78 is 27.4. The van der Waals surface area contributed by atoms with Gasteiger partial charge in [0.1, 0.15) is 17.2 Å². The lowest BCUT2D eigenvalue weighted by molar-refractivity contribution is -0.195. The molecule has 5 rings (SSSR count). The van der Waals surface area contributed by atoms with E-state index in [2.05, 4.69) is 67.4 Å². The third-order valence-corrected chi connectivity index (χ3v) is 9.53. The summed E-state index contributed by atoms with van der Waals surface area (Å²) in [5.74, 6) is -0.664. The van der Waals surface area contributed by atoms with Crippen LogP contribution in [0.5, 0.6) is 11.5 Å². The minimum atomic E-state index is -0.990. The van der Waals surface area contributed by atoms with Crippen LogP contribution in [0.2, 0.25) is 0 Å². The summed E-state index contributed by atoms with van der Waals surface area (Å²) in [7, 11) is 0. The van der Waals surface area contributed by atoms with Crippen LogP contribution in [0.15, 0.2) is 115 Å². The highest BCUT2D eigenvalue weighted by Crippen LogP contribution is 2.44. The number of rotatable bonds is 22. The van der Waals surface area contributed by atoms with Gasteiger partial charge in [0.25, 0.3) is 0 Å². The molecule has 1 aromatic heterocycles. The highest BCUT2D eigenvalue weighted by molar-refractivity contribution is 5.85. The average molecular weight is 702 g/mol. The molecule has 0 saturated carbocycles. The molecule has 4 aromatic carbocycles. The number of ether oxygens (including phenoxy) is 4. The average Bonchev–Trinajstić information content (AvgIpc) is 3.21. The predicted molar refractivity (Wildman–Crippen MR) is 209 cm³/mol. The van der Waals surface area contributed by atoms with E-state index in [1.165, 1.54) is 25.7 Å². The first kappa shape index (κ1) is 38.6. The molecule has 0 spiro atoms. The molecule has 2 atom stereocenters. The summed E-state index contributed by atoms with van der Waals surface area (Å²) in [5.41, 5.74) is 4.95. The molecule has 7 nitrogen and oxygen atoms in total. The van der Waals surface area contributed by atoms with E-state index in [1.54, 1.807) is 6.20 Å². The Morgan fingerprint density at radius 1 is 0.481 bits per heavy atom. The normalized spacial score (nSPS) is 13.6. The van der Waals surface area contributed by atoms with Crippen molar-refractivity contribution >= 4 is 0 Å². The minimum Gasteiger partial charge on any atom is -0.457 e. The number of para-hydroxylation sites is 2. The van der Waals surface area contributed by atoms with Gasteiger partial charge in [-0.3, -0.25) is 0 Å². The Morgan fingerprint density at radius 3 is 1.44 bits per heavy atom. The molecule has 0 aliphatic heterocycles. The molecule has 7 heteroatoms. The molecular weight excluding hydrogens is 647 g/mol. The summed E-state index contributed by atoms with van der Waals surface area (Å²) in [4.78, 5) is 0. The molecule has 0 fully saturated rings. The van der Waals surface area contributed by atoms with Crippen molar-refractivity contribution in [2.24, 2.45) is 0 Å². The maximum atomic E-state index is 7.03. The molecule has 0 aliphatic rings. The molecule has 1 heterocycles. The van der Waals surface area contributed by atoms with E-state index >= 15 is 0 Å². The fourth-order valence-electron chi connectivity index (χ4n) is 6.57. The molecule has 5 aromatic rings. The zero-order valence-electron chi connectivity index (χ0n) is 31.4. The van der Waals surface area contributed by atoms with Crippen LogP contribution in [0, 0.1) is 0 Å². The molecule has 0 aliphatic carbocycles. The molecule has 0 radical (unpaired) electrons. The van der Waals surface area contributed by atoms with Gasteiger partial charge in [0, 0.05) is 40.7 Å². The fourth-order valence-corrected chi connectivity index (χ4v) is 6.57. The molecule has 2 unspecified atom stereocenters. The number of benzene rings is 4. The van der Waals surface area contributed by atoms with Gasteiger partial charge in [0.2, 0.25) is 11.6 Å². The summed E-state index contributed by atoms with van der Waals surface area (Å²) in [5, 5.41) is 13.0. The first-order valence-electron chi connectivity index (χ1n) is 19.2. The van der Waals surface area contributed by atoms with Gasteiger partial charge in [0.05, 0.1) is 19.4 Å². The molecule has 0 bridgehead atoms. The monoisotopic (exact) mass is 701 g/mol. The van der Waals surface area contributed by atoms with Gasteiger partial charge in [-0.2, -0.15) is 0 Å². The van der Waals surface area contributed by atoms with Gasteiger partial charge in [0.15, 0.2) is 0 Å². The molecule has 0 saturated heterocycles. The zero-order valence-corrected chi connectivity index (χ0v) is 31.4. The first-order chi connectivity index (χ1) is 25.6. The van der Waals surface area contributed by atoms with Crippen LogP contribution in [0.25, 0.3) is 22.4 Å². The Balaban J connectivity index is 1.54. The van der Waals surface area contributed by atoms with Crippen LogP contribution in [0.1, 0.15) is 103 Å².